The maximum Gasteiger partial charge on any atom is 0.221 e. The number of nitrogen functional groups attached to an aromatic ring is 1. The summed E-state index contributed by atoms with van der Waals surface area (Å²) in [5.74, 6) is -0.218. The molecule has 0 aliphatic carbocycles. The molecule has 0 radical (unpaired) electrons. The minimum Gasteiger partial charge on any atom is -0.454 e. The Kier molecular flexibility index (Phi) is 5.34. The molecule has 20 heavy (non-hydrogen) atoms. The average molecular weight is 297 g/mol. The van der Waals surface area contributed by atoms with Gasteiger partial charge in [0.1, 0.15) is 5.75 Å². The lowest BCUT2D eigenvalue weighted by Gasteiger charge is -2.09. The summed E-state index contributed by atoms with van der Waals surface area (Å²) >= 11 is 0. The second kappa shape index (κ2) is 6.77. The molecule has 0 spiro atoms. The molecule has 0 atom stereocenters. The second-order valence-corrected chi connectivity index (χ2v) is 4.00. The van der Waals surface area contributed by atoms with Crippen molar-refractivity contribution in [3.8, 4) is 11.5 Å². The third-order valence-corrected chi connectivity index (χ3v) is 2.34. The first-order chi connectivity index (χ1) is 9.04. The molecule has 1 amide bonds. The summed E-state index contributed by atoms with van der Waals surface area (Å²) in [6.45, 7) is 1.41. The van der Waals surface area contributed by atoms with E-state index in [-0.39, 0.29) is 24.1 Å². The quantitative estimate of drug-likeness (QED) is 0.851. The standard InChI is InChI=1S/C14H13FN2O2.ClH/c1-9(18)17-11-3-2-4-12(8-11)19-14-6-5-10(16)7-13(14)15;/h2-8H,16H2,1H3,(H,17,18);1H. The predicted molar refractivity (Wildman–Crippen MR) is 78.9 cm³/mol. The van der Waals surface area contributed by atoms with Crippen molar-refractivity contribution in [2.24, 2.45) is 0 Å². The van der Waals surface area contributed by atoms with E-state index in [4.69, 9.17) is 10.5 Å². The van der Waals surface area contributed by atoms with Crippen LogP contribution in [0.1, 0.15) is 6.92 Å². The predicted octanol–water partition coefficient (Wildman–Crippen LogP) is 3.58. The lowest BCUT2D eigenvalue weighted by molar-refractivity contribution is -0.114. The van der Waals surface area contributed by atoms with Gasteiger partial charge in [0.15, 0.2) is 11.6 Å². The van der Waals surface area contributed by atoms with Crippen LogP contribution < -0.4 is 15.8 Å². The summed E-state index contributed by atoms with van der Waals surface area (Å²) in [6, 6.07) is 10.9. The van der Waals surface area contributed by atoms with Crippen molar-refractivity contribution in [3.05, 3.63) is 48.3 Å². The van der Waals surface area contributed by atoms with E-state index in [1.165, 1.54) is 19.1 Å². The minimum atomic E-state index is -0.537. The Bertz CT molecular complexity index is 620. The van der Waals surface area contributed by atoms with E-state index < -0.39 is 5.82 Å². The Morgan fingerprint density at radius 3 is 2.65 bits per heavy atom. The maximum atomic E-state index is 13.6. The number of benzene rings is 2. The summed E-state index contributed by atoms with van der Waals surface area (Å²) < 4.78 is 19.0. The Morgan fingerprint density at radius 1 is 1.25 bits per heavy atom. The Morgan fingerprint density at radius 2 is 2.00 bits per heavy atom. The fraction of sp³-hybridized carbons (Fsp3) is 0.0714. The number of hydrogen-bond donors (Lipinski definition) is 2. The van der Waals surface area contributed by atoms with Gasteiger partial charge in [-0.2, -0.15) is 0 Å². The molecule has 0 unspecified atom stereocenters. The molecule has 2 rings (SSSR count). The number of rotatable bonds is 3. The van der Waals surface area contributed by atoms with Gasteiger partial charge in [0.05, 0.1) is 0 Å². The van der Waals surface area contributed by atoms with Gasteiger partial charge in [-0.05, 0) is 24.3 Å². The minimum absolute atomic E-state index is 0. The largest absolute Gasteiger partial charge is 0.454 e. The van der Waals surface area contributed by atoms with E-state index in [2.05, 4.69) is 5.32 Å². The van der Waals surface area contributed by atoms with Crippen molar-refractivity contribution < 1.29 is 13.9 Å². The molecule has 0 aromatic heterocycles. The van der Waals surface area contributed by atoms with Crippen molar-refractivity contribution in [2.45, 2.75) is 6.92 Å². The fourth-order valence-electron chi connectivity index (χ4n) is 1.57. The molecule has 0 aliphatic heterocycles. The molecule has 4 nitrogen and oxygen atoms in total. The molecule has 0 fully saturated rings. The first-order valence-electron chi connectivity index (χ1n) is 5.65. The van der Waals surface area contributed by atoms with Gasteiger partial charge in [0, 0.05) is 30.4 Å². The van der Waals surface area contributed by atoms with Gasteiger partial charge in [-0.1, -0.05) is 6.07 Å². The van der Waals surface area contributed by atoms with E-state index in [9.17, 15) is 9.18 Å². The van der Waals surface area contributed by atoms with Crippen LogP contribution in [0.5, 0.6) is 11.5 Å². The average Bonchev–Trinajstić information content (AvgIpc) is 2.32. The number of anilines is 2. The van der Waals surface area contributed by atoms with E-state index in [1.54, 1.807) is 30.3 Å². The third-order valence-electron chi connectivity index (χ3n) is 2.34. The van der Waals surface area contributed by atoms with Crippen LogP contribution in [0.25, 0.3) is 0 Å². The molecule has 0 aliphatic rings. The summed E-state index contributed by atoms with van der Waals surface area (Å²) in [5, 5.41) is 2.62. The van der Waals surface area contributed by atoms with Gasteiger partial charge >= 0.3 is 0 Å². The first-order valence-corrected chi connectivity index (χ1v) is 5.65. The number of ether oxygens (including phenoxy) is 1. The zero-order chi connectivity index (χ0) is 13.8. The highest BCUT2D eigenvalue weighted by atomic mass is 35.5. The zero-order valence-corrected chi connectivity index (χ0v) is 11.5. The van der Waals surface area contributed by atoms with Crippen molar-refractivity contribution in [1.82, 2.24) is 0 Å². The number of halogens is 2. The lowest BCUT2D eigenvalue weighted by Crippen LogP contribution is -2.05. The number of carbonyl (C=O) groups is 1. The molecule has 6 heteroatoms. The van der Waals surface area contributed by atoms with Crippen molar-refractivity contribution in [3.63, 3.8) is 0 Å². The van der Waals surface area contributed by atoms with Crippen LogP contribution in [0.4, 0.5) is 15.8 Å². The van der Waals surface area contributed by atoms with Gasteiger partial charge in [0.25, 0.3) is 0 Å². The molecule has 0 heterocycles. The molecule has 3 N–H and O–H groups in total. The monoisotopic (exact) mass is 296 g/mol. The molecule has 0 saturated carbocycles. The summed E-state index contributed by atoms with van der Waals surface area (Å²) in [4.78, 5) is 10.9. The van der Waals surface area contributed by atoms with Gasteiger partial charge < -0.3 is 15.8 Å². The second-order valence-electron chi connectivity index (χ2n) is 4.00. The van der Waals surface area contributed by atoms with Crippen LogP contribution in [0.2, 0.25) is 0 Å². The number of hydrogen-bond acceptors (Lipinski definition) is 3. The molecule has 106 valence electrons. The van der Waals surface area contributed by atoms with E-state index >= 15 is 0 Å². The number of amides is 1. The van der Waals surface area contributed by atoms with E-state index in [1.807, 2.05) is 0 Å². The Labute approximate surface area is 122 Å². The summed E-state index contributed by atoms with van der Waals surface area (Å²) in [7, 11) is 0. The topological polar surface area (TPSA) is 64.3 Å². The number of carbonyl (C=O) groups excluding carboxylic acids is 1. The zero-order valence-electron chi connectivity index (χ0n) is 10.7. The van der Waals surface area contributed by atoms with Crippen LogP contribution in [0.3, 0.4) is 0 Å². The van der Waals surface area contributed by atoms with E-state index in [0.717, 1.165) is 0 Å². The van der Waals surface area contributed by atoms with Gasteiger partial charge in [-0.3, -0.25) is 4.79 Å². The summed E-state index contributed by atoms with van der Waals surface area (Å²) in [6.07, 6.45) is 0. The van der Waals surface area contributed by atoms with Crippen LogP contribution in [0, 0.1) is 5.82 Å². The fourth-order valence-corrected chi connectivity index (χ4v) is 1.57. The molecule has 2 aromatic rings. The van der Waals surface area contributed by atoms with Gasteiger partial charge in [0.2, 0.25) is 5.91 Å². The highest BCUT2D eigenvalue weighted by Gasteiger charge is 2.06. The Hall–Kier alpha value is -2.27. The highest BCUT2D eigenvalue weighted by molar-refractivity contribution is 5.88. The van der Waals surface area contributed by atoms with Crippen molar-refractivity contribution in [1.29, 1.82) is 0 Å². The molecule has 0 bridgehead atoms. The summed E-state index contributed by atoms with van der Waals surface area (Å²) in [5.41, 5.74) is 6.37. The molecule has 2 aromatic carbocycles. The maximum absolute atomic E-state index is 13.6. The van der Waals surface area contributed by atoms with Crippen LogP contribution in [-0.2, 0) is 4.79 Å². The van der Waals surface area contributed by atoms with Gasteiger partial charge in [-0.25, -0.2) is 4.39 Å². The van der Waals surface area contributed by atoms with E-state index in [0.29, 0.717) is 17.1 Å². The highest BCUT2D eigenvalue weighted by Crippen LogP contribution is 2.27. The normalized spacial score (nSPS) is 9.50. The Balaban J connectivity index is 0.00000200. The van der Waals surface area contributed by atoms with Crippen LogP contribution in [0.15, 0.2) is 42.5 Å². The van der Waals surface area contributed by atoms with Crippen molar-refractivity contribution >= 4 is 29.7 Å². The smallest absolute Gasteiger partial charge is 0.221 e. The van der Waals surface area contributed by atoms with Gasteiger partial charge in [-0.15, -0.1) is 12.4 Å². The number of nitrogens with two attached hydrogens (primary N) is 1. The molecular weight excluding hydrogens is 283 g/mol. The first kappa shape index (κ1) is 15.8. The third kappa shape index (κ3) is 4.13. The number of nitrogens with one attached hydrogen (secondary N) is 1. The lowest BCUT2D eigenvalue weighted by atomic mass is 10.2. The molecular formula is C14H14ClFN2O2. The van der Waals surface area contributed by atoms with Crippen LogP contribution >= 0.6 is 12.4 Å². The SMILES string of the molecule is CC(=O)Nc1cccc(Oc2ccc(N)cc2F)c1.Cl. The van der Waals surface area contributed by atoms with Crippen LogP contribution in [-0.4, -0.2) is 5.91 Å². The van der Waals surface area contributed by atoms with Crippen molar-refractivity contribution in [2.75, 3.05) is 11.1 Å². The molecule has 0 saturated heterocycles.